The summed E-state index contributed by atoms with van der Waals surface area (Å²) in [5.74, 6) is 1.50. The Balaban J connectivity index is 1.66. The molecular formula is C25H23NO3S. The SMILES string of the molecule is COc1ccc([C@@]23C[C@@H](C)Sc4ccccc4N2C(=O)[C@H]3Oc2ccccc2)cc1. The number of β-lactam (4-membered cyclic amide) rings is 1. The molecule has 0 saturated carbocycles. The Morgan fingerprint density at radius 2 is 1.63 bits per heavy atom. The highest BCUT2D eigenvalue weighted by atomic mass is 32.2. The van der Waals surface area contributed by atoms with Crippen molar-refractivity contribution in [2.75, 3.05) is 12.0 Å². The molecule has 152 valence electrons. The number of benzene rings is 3. The maximum absolute atomic E-state index is 13.5. The Hall–Kier alpha value is -2.92. The highest BCUT2D eigenvalue weighted by Crippen LogP contribution is 2.55. The summed E-state index contributed by atoms with van der Waals surface area (Å²) < 4.78 is 11.7. The lowest BCUT2D eigenvalue weighted by atomic mass is 9.71. The van der Waals surface area contributed by atoms with Gasteiger partial charge in [0.05, 0.1) is 12.8 Å². The van der Waals surface area contributed by atoms with Crippen LogP contribution in [0, 0.1) is 0 Å². The van der Waals surface area contributed by atoms with Crippen LogP contribution in [0.5, 0.6) is 11.5 Å². The Morgan fingerprint density at radius 3 is 2.37 bits per heavy atom. The molecule has 3 aromatic carbocycles. The van der Waals surface area contributed by atoms with E-state index in [1.54, 1.807) is 7.11 Å². The number of para-hydroxylation sites is 2. The fraction of sp³-hybridized carbons (Fsp3) is 0.240. The highest BCUT2D eigenvalue weighted by molar-refractivity contribution is 8.00. The second-order valence-electron chi connectivity index (χ2n) is 7.74. The van der Waals surface area contributed by atoms with E-state index in [0.717, 1.165) is 28.3 Å². The van der Waals surface area contributed by atoms with E-state index in [2.05, 4.69) is 25.1 Å². The molecule has 5 heteroatoms. The van der Waals surface area contributed by atoms with Crippen molar-refractivity contribution in [3.63, 3.8) is 0 Å². The minimum absolute atomic E-state index is 0.00294. The van der Waals surface area contributed by atoms with Crippen molar-refractivity contribution in [1.82, 2.24) is 0 Å². The summed E-state index contributed by atoms with van der Waals surface area (Å²) in [6.07, 6.45) is 0.213. The zero-order valence-electron chi connectivity index (χ0n) is 16.9. The number of thioether (sulfide) groups is 1. The van der Waals surface area contributed by atoms with Gasteiger partial charge in [0.2, 0.25) is 6.10 Å². The maximum Gasteiger partial charge on any atom is 0.271 e. The number of hydrogen-bond donors (Lipinski definition) is 0. The minimum Gasteiger partial charge on any atom is -0.497 e. The first-order valence-electron chi connectivity index (χ1n) is 10.1. The zero-order valence-corrected chi connectivity index (χ0v) is 17.8. The quantitative estimate of drug-likeness (QED) is 0.542. The molecule has 0 aromatic heterocycles. The molecule has 1 saturated heterocycles. The van der Waals surface area contributed by atoms with Crippen molar-refractivity contribution in [1.29, 1.82) is 0 Å². The predicted octanol–water partition coefficient (Wildman–Crippen LogP) is 5.27. The molecular weight excluding hydrogens is 394 g/mol. The molecule has 2 aliphatic rings. The lowest BCUT2D eigenvalue weighted by Gasteiger charge is -2.56. The van der Waals surface area contributed by atoms with Gasteiger partial charge in [0.25, 0.3) is 5.91 Å². The molecule has 0 aliphatic carbocycles. The number of methoxy groups -OCH3 is 1. The molecule has 4 nitrogen and oxygen atoms in total. The normalized spacial score (nSPS) is 24.9. The van der Waals surface area contributed by atoms with Gasteiger partial charge < -0.3 is 9.47 Å². The van der Waals surface area contributed by atoms with Gasteiger partial charge >= 0.3 is 0 Å². The van der Waals surface area contributed by atoms with E-state index >= 15 is 0 Å². The van der Waals surface area contributed by atoms with Crippen molar-refractivity contribution in [3.8, 4) is 11.5 Å². The summed E-state index contributed by atoms with van der Waals surface area (Å²) >= 11 is 1.82. The molecule has 0 unspecified atom stereocenters. The van der Waals surface area contributed by atoms with E-state index in [0.29, 0.717) is 11.0 Å². The van der Waals surface area contributed by atoms with Gasteiger partial charge in [-0.3, -0.25) is 9.69 Å². The molecule has 0 radical (unpaired) electrons. The topological polar surface area (TPSA) is 38.8 Å². The van der Waals surface area contributed by atoms with Crippen LogP contribution in [0.1, 0.15) is 18.9 Å². The Kier molecular flexibility index (Phi) is 4.70. The lowest BCUT2D eigenvalue weighted by molar-refractivity contribution is -0.142. The molecule has 1 amide bonds. The zero-order chi connectivity index (χ0) is 20.7. The van der Waals surface area contributed by atoms with Gasteiger partial charge in [-0.15, -0.1) is 11.8 Å². The van der Waals surface area contributed by atoms with E-state index < -0.39 is 11.6 Å². The van der Waals surface area contributed by atoms with Gasteiger partial charge in [-0.05, 0) is 48.4 Å². The van der Waals surface area contributed by atoms with Crippen LogP contribution in [0.3, 0.4) is 0 Å². The largest absolute Gasteiger partial charge is 0.497 e. The smallest absolute Gasteiger partial charge is 0.271 e. The summed E-state index contributed by atoms with van der Waals surface area (Å²) in [7, 11) is 1.66. The van der Waals surface area contributed by atoms with Crippen LogP contribution in [-0.2, 0) is 10.3 Å². The molecule has 3 aromatic rings. The number of fused-ring (bicyclic) bond motifs is 3. The van der Waals surface area contributed by atoms with Crippen molar-refractivity contribution in [2.24, 2.45) is 0 Å². The van der Waals surface area contributed by atoms with Crippen molar-refractivity contribution >= 4 is 23.4 Å². The first kappa shape index (κ1) is 19.1. The molecule has 2 aliphatic heterocycles. The van der Waals surface area contributed by atoms with Gasteiger partial charge in [0, 0.05) is 10.1 Å². The number of nitrogens with zero attached hydrogens (tertiary/aromatic N) is 1. The van der Waals surface area contributed by atoms with E-state index in [1.165, 1.54) is 0 Å². The third kappa shape index (κ3) is 2.88. The van der Waals surface area contributed by atoms with Crippen LogP contribution < -0.4 is 14.4 Å². The summed E-state index contributed by atoms with van der Waals surface area (Å²) in [6.45, 7) is 2.22. The van der Waals surface area contributed by atoms with E-state index in [9.17, 15) is 4.79 Å². The van der Waals surface area contributed by atoms with E-state index in [1.807, 2.05) is 77.3 Å². The number of rotatable bonds is 4. The third-order valence-electron chi connectivity index (χ3n) is 5.90. The first-order valence-corrected chi connectivity index (χ1v) is 11.0. The lowest BCUT2D eigenvalue weighted by Crippen LogP contribution is -2.74. The number of carbonyl (C=O) groups is 1. The molecule has 3 atom stereocenters. The van der Waals surface area contributed by atoms with Gasteiger partial charge in [-0.25, -0.2) is 0 Å². The van der Waals surface area contributed by atoms with Gasteiger partial charge in [-0.2, -0.15) is 0 Å². The molecule has 0 spiro atoms. The van der Waals surface area contributed by atoms with Crippen molar-refractivity contribution in [2.45, 2.75) is 35.1 Å². The van der Waals surface area contributed by atoms with Crippen LogP contribution in [0.15, 0.2) is 83.8 Å². The highest BCUT2D eigenvalue weighted by Gasteiger charge is 2.65. The fourth-order valence-electron chi connectivity index (χ4n) is 4.60. The number of hydrogen-bond acceptors (Lipinski definition) is 4. The molecule has 30 heavy (non-hydrogen) atoms. The molecule has 5 rings (SSSR count). The van der Waals surface area contributed by atoms with Crippen LogP contribution in [-0.4, -0.2) is 24.4 Å². The number of amides is 1. The Morgan fingerprint density at radius 1 is 0.933 bits per heavy atom. The fourth-order valence-corrected chi connectivity index (χ4v) is 5.81. The number of anilines is 1. The predicted molar refractivity (Wildman–Crippen MR) is 119 cm³/mol. The Bertz CT molecular complexity index is 1070. The standard InChI is InChI=1S/C25H23NO3S/c1-17-16-25(18-12-14-19(28-2)15-13-18)23(29-20-8-4-3-5-9-20)24(27)26(25)21-10-6-7-11-22(21)30-17/h3-15,17,23H,16H2,1-2H3/t17-,23-,25-/m1/s1. The summed E-state index contributed by atoms with van der Waals surface area (Å²) in [5, 5.41) is 0.313. The number of carbonyl (C=O) groups excluding carboxylic acids is 1. The molecule has 0 N–H and O–H groups in total. The molecule has 1 fully saturated rings. The van der Waals surface area contributed by atoms with E-state index in [4.69, 9.17) is 9.47 Å². The van der Waals surface area contributed by atoms with Gasteiger partial charge in [0.1, 0.15) is 17.0 Å². The monoisotopic (exact) mass is 417 g/mol. The van der Waals surface area contributed by atoms with Crippen LogP contribution in [0.25, 0.3) is 0 Å². The Labute approximate surface area is 180 Å². The molecule has 0 bridgehead atoms. The summed E-state index contributed by atoms with van der Waals surface area (Å²) in [4.78, 5) is 16.6. The van der Waals surface area contributed by atoms with Crippen molar-refractivity contribution in [3.05, 3.63) is 84.4 Å². The summed E-state index contributed by atoms with van der Waals surface area (Å²) in [5.41, 5.74) is 1.45. The van der Waals surface area contributed by atoms with Crippen LogP contribution in [0.4, 0.5) is 5.69 Å². The average molecular weight is 418 g/mol. The van der Waals surface area contributed by atoms with Gasteiger partial charge in [-0.1, -0.05) is 49.4 Å². The van der Waals surface area contributed by atoms with Crippen LogP contribution in [0.2, 0.25) is 0 Å². The summed E-state index contributed by atoms with van der Waals surface area (Å²) in [6, 6.07) is 25.8. The average Bonchev–Trinajstić information content (AvgIpc) is 2.90. The minimum atomic E-state index is -0.581. The maximum atomic E-state index is 13.5. The first-order chi connectivity index (χ1) is 14.6. The van der Waals surface area contributed by atoms with Crippen molar-refractivity contribution < 1.29 is 14.3 Å². The number of ether oxygens (including phenoxy) is 2. The third-order valence-corrected chi connectivity index (χ3v) is 7.07. The van der Waals surface area contributed by atoms with Crippen LogP contribution >= 0.6 is 11.8 Å². The van der Waals surface area contributed by atoms with Gasteiger partial charge in [0.15, 0.2) is 0 Å². The second-order valence-corrected chi connectivity index (χ2v) is 9.22. The van der Waals surface area contributed by atoms with E-state index in [-0.39, 0.29) is 5.91 Å². The molecule has 2 heterocycles. The second kappa shape index (κ2) is 7.40.